The molecule has 0 saturated carbocycles. The molecule has 3 rings (SSSR count). The van der Waals surface area contributed by atoms with E-state index in [1.54, 1.807) is 0 Å². The topological polar surface area (TPSA) is 42.2 Å². The number of fused-ring (bicyclic) bond motifs is 1. The number of aromatic nitrogens is 3. The van der Waals surface area contributed by atoms with Gasteiger partial charge in [-0.1, -0.05) is 36.8 Å². The highest BCUT2D eigenvalue weighted by Crippen LogP contribution is 2.26. The van der Waals surface area contributed by atoms with Crippen LogP contribution in [0, 0.1) is 13.8 Å². The number of nitrogens with one attached hydrogen (secondary N) is 1. The van der Waals surface area contributed by atoms with Crippen LogP contribution in [0.5, 0.6) is 0 Å². The molecule has 1 aromatic carbocycles. The molecule has 0 aliphatic rings. The quantitative estimate of drug-likeness (QED) is 0.789. The summed E-state index contributed by atoms with van der Waals surface area (Å²) in [6, 6.07) is 10.5. The number of aryl methyl sites for hydroxylation is 2. The van der Waals surface area contributed by atoms with Gasteiger partial charge in [0.15, 0.2) is 5.65 Å². The van der Waals surface area contributed by atoms with Crippen LogP contribution < -0.4 is 5.32 Å². The Bertz CT molecular complexity index is 756. The third-order valence-electron chi connectivity index (χ3n) is 3.52. The zero-order valence-corrected chi connectivity index (χ0v) is 12.7. The SMILES string of the molecule is CCCNc1cc(C)nc2c(-c3ccc(C)cc3)cnn12. The average Bonchev–Trinajstić information content (AvgIpc) is 2.89. The van der Waals surface area contributed by atoms with Gasteiger partial charge in [-0.25, -0.2) is 4.98 Å². The third-order valence-corrected chi connectivity index (χ3v) is 3.52. The van der Waals surface area contributed by atoms with Gasteiger partial charge in [0.2, 0.25) is 0 Å². The summed E-state index contributed by atoms with van der Waals surface area (Å²) in [4.78, 5) is 4.66. The van der Waals surface area contributed by atoms with E-state index in [4.69, 9.17) is 0 Å². The lowest BCUT2D eigenvalue weighted by molar-refractivity contribution is 0.897. The number of hydrogen-bond donors (Lipinski definition) is 1. The van der Waals surface area contributed by atoms with Gasteiger partial charge in [0, 0.05) is 23.9 Å². The van der Waals surface area contributed by atoms with Gasteiger partial charge in [-0.2, -0.15) is 9.61 Å². The van der Waals surface area contributed by atoms with E-state index < -0.39 is 0 Å². The Morgan fingerprint density at radius 1 is 1.14 bits per heavy atom. The average molecular weight is 280 g/mol. The molecule has 0 aliphatic heterocycles. The van der Waals surface area contributed by atoms with Crippen LogP contribution in [0.15, 0.2) is 36.5 Å². The molecule has 0 spiro atoms. The minimum atomic E-state index is 0.900. The highest BCUT2D eigenvalue weighted by Gasteiger charge is 2.11. The van der Waals surface area contributed by atoms with Gasteiger partial charge in [0.25, 0.3) is 0 Å². The standard InChI is InChI=1S/C17H20N4/c1-4-9-18-16-10-13(3)20-17-15(11-19-21(16)17)14-7-5-12(2)6-8-14/h5-8,10-11,18H,4,9H2,1-3H3. The van der Waals surface area contributed by atoms with Crippen LogP contribution in [0.25, 0.3) is 16.8 Å². The van der Waals surface area contributed by atoms with Gasteiger partial charge >= 0.3 is 0 Å². The van der Waals surface area contributed by atoms with Crippen LogP contribution in [-0.2, 0) is 0 Å². The van der Waals surface area contributed by atoms with Crippen molar-refractivity contribution in [3.8, 4) is 11.1 Å². The van der Waals surface area contributed by atoms with Crippen molar-refractivity contribution in [3.05, 3.63) is 47.8 Å². The molecule has 4 nitrogen and oxygen atoms in total. The highest BCUT2D eigenvalue weighted by atomic mass is 15.3. The fraction of sp³-hybridized carbons (Fsp3) is 0.294. The second-order valence-electron chi connectivity index (χ2n) is 5.37. The van der Waals surface area contributed by atoms with E-state index in [9.17, 15) is 0 Å². The fourth-order valence-electron chi connectivity index (χ4n) is 2.40. The molecule has 0 aliphatic carbocycles. The number of benzene rings is 1. The molecular formula is C17H20N4. The first kappa shape index (κ1) is 13.6. The van der Waals surface area contributed by atoms with Crippen molar-refractivity contribution in [2.24, 2.45) is 0 Å². The molecule has 2 heterocycles. The van der Waals surface area contributed by atoms with Gasteiger partial charge in [-0.15, -0.1) is 0 Å². The maximum Gasteiger partial charge on any atom is 0.165 e. The van der Waals surface area contributed by atoms with Crippen molar-refractivity contribution < 1.29 is 0 Å². The Hall–Kier alpha value is -2.36. The van der Waals surface area contributed by atoms with E-state index in [1.165, 1.54) is 5.56 Å². The number of rotatable bonds is 4. The summed E-state index contributed by atoms with van der Waals surface area (Å²) in [5.41, 5.74) is 5.37. The van der Waals surface area contributed by atoms with E-state index in [0.29, 0.717) is 0 Å². The van der Waals surface area contributed by atoms with Gasteiger partial charge in [-0.3, -0.25) is 0 Å². The summed E-state index contributed by atoms with van der Waals surface area (Å²) in [5.74, 6) is 0.998. The highest BCUT2D eigenvalue weighted by molar-refractivity contribution is 5.78. The monoisotopic (exact) mass is 280 g/mol. The molecule has 1 N–H and O–H groups in total. The molecule has 2 aromatic heterocycles. The van der Waals surface area contributed by atoms with Crippen LogP contribution in [0.3, 0.4) is 0 Å². The van der Waals surface area contributed by atoms with Gasteiger partial charge in [-0.05, 0) is 25.8 Å². The van der Waals surface area contributed by atoms with Crippen molar-refractivity contribution in [3.63, 3.8) is 0 Å². The minimum absolute atomic E-state index is 0.900. The van der Waals surface area contributed by atoms with E-state index in [-0.39, 0.29) is 0 Å². The molecule has 4 heteroatoms. The molecule has 0 atom stereocenters. The maximum atomic E-state index is 4.66. The van der Waals surface area contributed by atoms with Gasteiger partial charge in [0.1, 0.15) is 5.82 Å². The van der Waals surface area contributed by atoms with Gasteiger partial charge in [0.05, 0.1) is 6.20 Å². The molecule has 108 valence electrons. The summed E-state index contributed by atoms with van der Waals surface area (Å²) in [6.07, 6.45) is 2.97. The second kappa shape index (κ2) is 5.56. The Kier molecular flexibility index (Phi) is 3.60. The first-order valence-electron chi connectivity index (χ1n) is 7.35. The zero-order chi connectivity index (χ0) is 14.8. The number of hydrogen-bond acceptors (Lipinski definition) is 3. The van der Waals surface area contributed by atoms with Crippen LogP contribution in [0.1, 0.15) is 24.6 Å². The summed E-state index contributed by atoms with van der Waals surface area (Å²) in [5, 5.41) is 7.92. The maximum absolute atomic E-state index is 4.66. The van der Waals surface area contributed by atoms with E-state index >= 15 is 0 Å². The van der Waals surface area contributed by atoms with Crippen molar-refractivity contribution >= 4 is 11.5 Å². The molecule has 21 heavy (non-hydrogen) atoms. The molecule has 0 unspecified atom stereocenters. The predicted octanol–water partition coefficient (Wildman–Crippen LogP) is 3.84. The molecule has 0 bridgehead atoms. The summed E-state index contributed by atoms with van der Waals surface area (Å²) in [6.45, 7) is 7.19. The first-order chi connectivity index (χ1) is 10.2. The normalized spacial score (nSPS) is 11.0. The zero-order valence-electron chi connectivity index (χ0n) is 12.7. The van der Waals surface area contributed by atoms with Crippen LogP contribution in [0.2, 0.25) is 0 Å². The van der Waals surface area contributed by atoms with Crippen LogP contribution in [-0.4, -0.2) is 21.1 Å². The number of nitrogens with zero attached hydrogens (tertiary/aromatic N) is 3. The largest absolute Gasteiger partial charge is 0.370 e. The first-order valence-corrected chi connectivity index (χ1v) is 7.35. The Morgan fingerprint density at radius 2 is 1.90 bits per heavy atom. The van der Waals surface area contributed by atoms with Crippen molar-refractivity contribution in [2.75, 3.05) is 11.9 Å². The molecule has 0 radical (unpaired) electrons. The summed E-state index contributed by atoms with van der Waals surface area (Å²) < 4.78 is 1.89. The lowest BCUT2D eigenvalue weighted by Gasteiger charge is -2.08. The molecule has 0 saturated heterocycles. The van der Waals surface area contributed by atoms with Crippen molar-refractivity contribution in [1.82, 2.24) is 14.6 Å². The predicted molar refractivity (Wildman–Crippen MR) is 86.7 cm³/mol. The van der Waals surface area contributed by atoms with Crippen molar-refractivity contribution in [1.29, 1.82) is 0 Å². The Morgan fingerprint density at radius 3 is 2.62 bits per heavy atom. The molecule has 3 aromatic rings. The summed E-state index contributed by atoms with van der Waals surface area (Å²) in [7, 11) is 0. The molecule has 0 amide bonds. The van der Waals surface area contributed by atoms with E-state index in [2.05, 4.69) is 53.5 Å². The fourth-order valence-corrected chi connectivity index (χ4v) is 2.40. The van der Waals surface area contributed by atoms with Crippen molar-refractivity contribution in [2.45, 2.75) is 27.2 Å². The van der Waals surface area contributed by atoms with E-state index in [1.807, 2.05) is 23.7 Å². The Balaban J connectivity index is 2.13. The van der Waals surface area contributed by atoms with E-state index in [0.717, 1.165) is 41.3 Å². The van der Waals surface area contributed by atoms with Gasteiger partial charge < -0.3 is 5.32 Å². The molecular weight excluding hydrogens is 260 g/mol. The number of anilines is 1. The lowest BCUT2D eigenvalue weighted by atomic mass is 10.1. The molecule has 0 fully saturated rings. The minimum Gasteiger partial charge on any atom is -0.370 e. The lowest BCUT2D eigenvalue weighted by Crippen LogP contribution is -2.07. The Labute approximate surface area is 124 Å². The summed E-state index contributed by atoms with van der Waals surface area (Å²) >= 11 is 0. The van der Waals surface area contributed by atoms with Crippen LogP contribution >= 0.6 is 0 Å². The second-order valence-corrected chi connectivity index (χ2v) is 5.37. The third kappa shape index (κ3) is 2.61. The van der Waals surface area contributed by atoms with Crippen LogP contribution in [0.4, 0.5) is 5.82 Å². The smallest absolute Gasteiger partial charge is 0.165 e.